The maximum Gasteiger partial charge on any atom is 0.317 e. The standard InChI is InChI=1S/C20H23N5O3/c1-27-17-5-3-4-16(19(17)28-2)14-6-8-24(13-14)20(26)23-11-15-10-22-18-12-21-7-9-25(15)18/h3-5,7,9-10,12,14H,6,8,11,13H2,1-2H3,(H,23,26)/t14-/m0/s1. The fraction of sp³-hybridized carbons (Fsp3) is 0.350. The number of nitrogens with zero attached hydrogens (tertiary/aromatic N) is 4. The molecule has 1 atom stereocenters. The molecule has 28 heavy (non-hydrogen) atoms. The van der Waals surface area contributed by atoms with Gasteiger partial charge in [-0.25, -0.2) is 9.78 Å². The monoisotopic (exact) mass is 381 g/mol. The van der Waals surface area contributed by atoms with Crippen LogP contribution in [0.25, 0.3) is 5.65 Å². The average Bonchev–Trinajstić information content (AvgIpc) is 3.39. The first-order valence-electron chi connectivity index (χ1n) is 9.21. The number of urea groups is 1. The van der Waals surface area contributed by atoms with Gasteiger partial charge in [0.2, 0.25) is 0 Å². The number of para-hydroxylation sites is 1. The van der Waals surface area contributed by atoms with Crippen molar-refractivity contribution in [3.8, 4) is 11.5 Å². The number of rotatable bonds is 5. The topological polar surface area (TPSA) is 81.0 Å². The Kier molecular flexibility index (Phi) is 5.01. The second kappa shape index (κ2) is 7.75. The molecular weight excluding hydrogens is 358 g/mol. The van der Waals surface area contributed by atoms with Crippen LogP contribution in [-0.4, -0.2) is 52.6 Å². The number of likely N-dealkylation sites (tertiary alicyclic amines) is 1. The fourth-order valence-electron chi connectivity index (χ4n) is 3.74. The first kappa shape index (κ1) is 18.1. The van der Waals surface area contributed by atoms with Crippen LogP contribution in [0.2, 0.25) is 0 Å². The Balaban J connectivity index is 1.41. The van der Waals surface area contributed by atoms with Gasteiger partial charge in [-0.05, 0) is 12.5 Å². The van der Waals surface area contributed by atoms with Crippen molar-refractivity contribution in [2.24, 2.45) is 0 Å². The van der Waals surface area contributed by atoms with Crippen LogP contribution >= 0.6 is 0 Å². The third-order valence-corrected chi connectivity index (χ3v) is 5.16. The minimum absolute atomic E-state index is 0.0756. The molecule has 3 aromatic rings. The van der Waals surface area contributed by atoms with Crippen LogP contribution in [0.15, 0.2) is 43.0 Å². The highest BCUT2D eigenvalue weighted by Gasteiger charge is 2.30. The van der Waals surface area contributed by atoms with E-state index in [2.05, 4.69) is 15.3 Å². The minimum atomic E-state index is -0.0756. The number of ether oxygens (including phenoxy) is 2. The van der Waals surface area contributed by atoms with Crippen molar-refractivity contribution in [3.05, 3.63) is 54.2 Å². The molecule has 0 spiro atoms. The number of amides is 2. The SMILES string of the molecule is COc1cccc([C@H]2CCN(C(=O)NCc3cnc4cnccn34)C2)c1OC. The number of aromatic nitrogens is 3. The van der Waals surface area contributed by atoms with Crippen molar-refractivity contribution in [2.75, 3.05) is 27.3 Å². The van der Waals surface area contributed by atoms with Gasteiger partial charge in [-0.3, -0.25) is 9.38 Å². The Morgan fingerprint density at radius 1 is 1.29 bits per heavy atom. The summed E-state index contributed by atoms with van der Waals surface area (Å²) in [5.74, 6) is 1.68. The van der Waals surface area contributed by atoms with E-state index in [1.54, 1.807) is 32.8 Å². The summed E-state index contributed by atoms with van der Waals surface area (Å²) in [4.78, 5) is 22.8. The highest BCUT2D eigenvalue weighted by Crippen LogP contribution is 2.39. The molecule has 1 N–H and O–H groups in total. The van der Waals surface area contributed by atoms with Crippen LogP contribution in [0.3, 0.4) is 0 Å². The van der Waals surface area contributed by atoms with Gasteiger partial charge in [-0.15, -0.1) is 0 Å². The molecule has 3 heterocycles. The first-order valence-corrected chi connectivity index (χ1v) is 9.21. The maximum atomic E-state index is 12.6. The number of hydrogen-bond donors (Lipinski definition) is 1. The second-order valence-corrected chi connectivity index (χ2v) is 6.73. The lowest BCUT2D eigenvalue weighted by Crippen LogP contribution is -2.38. The molecule has 8 heteroatoms. The molecule has 8 nitrogen and oxygen atoms in total. The van der Waals surface area contributed by atoms with E-state index in [0.29, 0.717) is 25.4 Å². The van der Waals surface area contributed by atoms with Crippen LogP contribution in [0.5, 0.6) is 11.5 Å². The third kappa shape index (κ3) is 3.33. The molecule has 1 aromatic carbocycles. The van der Waals surface area contributed by atoms with Crippen molar-refractivity contribution >= 4 is 11.7 Å². The van der Waals surface area contributed by atoms with Crippen LogP contribution in [-0.2, 0) is 6.54 Å². The van der Waals surface area contributed by atoms with E-state index in [1.165, 1.54) is 0 Å². The molecule has 1 aliphatic heterocycles. The Hall–Kier alpha value is -3.29. The van der Waals surface area contributed by atoms with E-state index in [-0.39, 0.29) is 11.9 Å². The highest BCUT2D eigenvalue weighted by atomic mass is 16.5. The molecule has 0 unspecified atom stereocenters. The molecule has 146 valence electrons. The predicted molar refractivity (Wildman–Crippen MR) is 104 cm³/mol. The molecule has 1 fully saturated rings. The molecular formula is C20H23N5O3. The van der Waals surface area contributed by atoms with Crippen LogP contribution < -0.4 is 14.8 Å². The zero-order valence-corrected chi connectivity index (χ0v) is 16.0. The van der Waals surface area contributed by atoms with Crippen LogP contribution in [0.4, 0.5) is 4.79 Å². The number of benzene rings is 1. The number of methoxy groups -OCH3 is 2. The van der Waals surface area contributed by atoms with Crippen molar-refractivity contribution in [3.63, 3.8) is 0 Å². The molecule has 1 aliphatic rings. The van der Waals surface area contributed by atoms with Crippen molar-refractivity contribution < 1.29 is 14.3 Å². The second-order valence-electron chi connectivity index (χ2n) is 6.73. The van der Waals surface area contributed by atoms with Gasteiger partial charge >= 0.3 is 6.03 Å². The van der Waals surface area contributed by atoms with E-state index in [9.17, 15) is 4.79 Å². The maximum absolute atomic E-state index is 12.6. The average molecular weight is 381 g/mol. The van der Waals surface area contributed by atoms with E-state index >= 15 is 0 Å². The summed E-state index contributed by atoms with van der Waals surface area (Å²) >= 11 is 0. The van der Waals surface area contributed by atoms with Gasteiger partial charge in [-0.1, -0.05) is 12.1 Å². The smallest absolute Gasteiger partial charge is 0.317 e. The zero-order valence-electron chi connectivity index (χ0n) is 16.0. The quantitative estimate of drug-likeness (QED) is 0.734. The van der Waals surface area contributed by atoms with Crippen molar-refractivity contribution in [1.82, 2.24) is 24.6 Å². The van der Waals surface area contributed by atoms with Crippen LogP contribution in [0.1, 0.15) is 23.6 Å². The molecule has 0 radical (unpaired) electrons. The Bertz CT molecular complexity index is 987. The van der Waals surface area contributed by atoms with Crippen molar-refractivity contribution in [1.29, 1.82) is 0 Å². The van der Waals surface area contributed by atoms with Gasteiger partial charge in [0.05, 0.1) is 38.9 Å². The largest absolute Gasteiger partial charge is 0.493 e. The fourth-order valence-corrected chi connectivity index (χ4v) is 3.74. The van der Waals surface area contributed by atoms with Crippen molar-refractivity contribution in [2.45, 2.75) is 18.9 Å². The van der Waals surface area contributed by atoms with E-state index < -0.39 is 0 Å². The summed E-state index contributed by atoms with van der Waals surface area (Å²) in [5, 5.41) is 2.99. The summed E-state index contributed by atoms with van der Waals surface area (Å²) in [6.45, 7) is 1.76. The zero-order chi connectivity index (χ0) is 19.5. The summed E-state index contributed by atoms with van der Waals surface area (Å²) in [6.07, 6.45) is 7.87. The Morgan fingerprint density at radius 2 is 2.18 bits per heavy atom. The molecule has 1 saturated heterocycles. The predicted octanol–water partition coefficient (Wildman–Crippen LogP) is 2.45. The summed E-state index contributed by atoms with van der Waals surface area (Å²) in [5.41, 5.74) is 2.75. The molecule has 0 bridgehead atoms. The van der Waals surface area contributed by atoms with Gasteiger partial charge in [-0.2, -0.15) is 0 Å². The third-order valence-electron chi connectivity index (χ3n) is 5.16. The number of hydrogen-bond acceptors (Lipinski definition) is 5. The molecule has 2 amide bonds. The van der Waals surface area contributed by atoms with Gasteiger partial charge in [0, 0.05) is 37.0 Å². The minimum Gasteiger partial charge on any atom is -0.493 e. The normalized spacial score (nSPS) is 16.4. The molecule has 0 aliphatic carbocycles. The van der Waals surface area contributed by atoms with E-state index in [0.717, 1.165) is 29.1 Å². The Morgan fingerprint density at radius 3 is 3.00 bits per heavy atom. The summed E-state index contributed by atoms with van der Waals surface area (Å²) in [7, 11) is 3.28. The molecule has 0 saturated carbocycles. The molecule has 2 aromatic heterocycles. The lowest BCUT2D eigenvalue weighted by molar-refractivity contribution is 0.207. The van der Waals surface area contributed by atoms with E-state index in [4.69, 9.17) is 9.47 Å². The van der Waals surface area contributed by atoms with Gasteiger partial charge in [0.1, 0.15) is 0 Å². The van der Waals surface area contributed by atoms with Crippen LogP contribution in [0, 0.1) is 0 Å². The summed E-state index contributed by atoms with van der Waals surface area (Å²) in [6, 6.07) is 5.81. The number of fused-ring (bicyclic) bond motifs is 1. The number of imidazole rings is 1. The highest BCUT2D eigenvalue weighted by molar-refractivity contribution is 5.74. The van der Waals surface area contributed by atoms with Gasteiger partial charge in [0.25, 0.3) is 0 Å². The number of carbonyl (C=O) groups is 1. The van der Waals surface area contributed by atoms with Gasteiger partial charge < -0.3 is 19.7 Å². The van der Waals surface area contributed by atoms with E-state index in [1.807, 2.05) is 33.7 Å². The molecule has 4 rings (SSSR count). The summed E-state index contributed by atoms with van der Waals surface area (Å²) < 4.78 is 12.9. The number of nitrogens with one attached hydrogen (secondary N) is 1. The lowest BCUT2D eigenvalue weighted by atomic mass is 9.97. The lowest BCUT2D eigenvalue weighted by Gasteiger charge is -2.19. The number of carbonyl (C=O) groups excluding carboxylic acids is 1. The van der Waals surface area contributed by atoms with Gasteiger partial charge in [0.15, 0.2) is 17.1 Å². The Labute approximate surface area is 163 Å². The first-order chi connectivity index (χ1) is 13.7.